The molecule has 0 spiro atoms. The Labute approximate surface area is 74.1 Å². The molecular weight excluding hydrogens is 162 g/mol. The number of rotatable bonds is 3. The summed E-state index contributed by atoms with van der Waals surface area (Å²) in [4.78, 5) is 0. The normalized spacial score (nSPS) is 22.3. The minimum absolute atomic E-state index is 0. The highest BCUT2D eigenvalue weighted by atomic mass is 35.5. The molecule has 1 aliphatic rings. The zero-order chi connectivity index (χ0) is 7.23. The molecule has 1 aliphatic heterocycles. The number of halogens is 1. The van der Waals surface area contributed by atoms with Gasteiger partial charge in [0, 0.05) is 6.04 Å². The van der Waals surface area contributed by atoms with E-state index in [0.717, 1.165) is 13.2 Å². The van der Waals surface area contributed by atoms with Gasteiger partial charge in [-0.05, 0) is 19.4 Å². The smallest absolute Gasteiger partial charge is 0.107 e. The van der Waals surface area contributed by atoms with Crippen molar-refractivity contribution in [2.75, 3.05) is 19.8 Å². The molecule has 1 N–H and O–H groups in total. The van der Waals surface area contributed by atoms with Gasteiger partial charge in [0.15, 0.2) is 0 Å². The summed E-state index contributed by atoms with van der Waals surface area (Å²) in [5.74, 6) is 2.44. The van der Waals surface area contributed by atoms with E-state index in [1.807, 2.05) is 0 Å². The van der Waals surface area contributed by atoms with Crippen LogP contribution >= 0.6 is 12.4 Å². The largest absolute Gasteiger partial charge is 0.367 e. The topological polar surface area (TPSA) is 21.3 Å². The Morgan fingerprint density at radius 2 is 2.45 bits per heavy atom. The fourth-order valence-electron chi connectivity index (χ4n) is 1.16. The van der Waals surface area contributed by atoms with E-state index in [0.29, 0.717) is 12.6 Å². The summed E-state index contributed by atoms with van der Waals surface area (Å²) in [6.45, 7) is 2.34. The van der Waals surface area contributed by atoms with Crippen LogP contribution in [0.15, 0.2) is 0 Å². The number of ether oxygens (including phenoxy) is 1. The number of terminal acetylenes is 1. The molecule has 64 valence electrons. The van der Waals surface area contributed by atoms with E-state index in [1.165, 1.54) is 12.8 Å². The molecule has 0 aromatic heterocycles. The predicted molar refractivity (Wildman–Crippen MR) is 47.9 cm³/mol. The van der Waals surface area contributed by atoms with Crippen molar-refractivity contribution in [2.24, 2.45) is 0 Å². The first-order valence-corrected chi connectivity index (χ1v) is 3.68. The summed E-state index contributed by atoms with van der Waals surface area (Å²) in [5.41, 5.74) is 0. The Kier molecular flexibility index (Phi) is 6.34. The first-order chi connectivity index (χ1) is 4.93. The van der Waals surface area contributed by atoms with Gasteiger partial charge < -0.3 is 10.1 Å². The lowest BCUT2D eigenvalue weighted by Crippen LogP contribution is -2.26. The second-order valence-electron chi connectivity index (χ2n) is 2.51. The first-order valence-electron chi connectivity index (χ1n) is 3.68. The zero-order valence-electron chi connectivity index (χ0n) is 6.51. The van der Waals surface area contributed by atoms with Crippen LogP contribution in [0.1, 0.15) is 12.8 Å². The molecule has 0 saturated carbocycles. The molecule has 1 saturated heterocycles. The van der Waals surface area contributed by atoms with E-state index in [2.05, 4.69) is 11.2 Å². The van der Waals surface area contributed by atoms with E-state index >= 15 is 0 Å². The third-order valence-corrected chi connectivity index (χ3v) is 1.67. The van der Waals surface area contributed by atoms with Gasteiger partial charge >= 0.3 is 0 Å². The molecule has 0 unspecified atom stereocenters. The highest BCUT2D eigenvalue weighted by Gasteiger charge is 2.12. The minimum Gasteiger partial charge on any atom is -0.367 e. The SMILES string of the molecule is C#CCOC[C@H]1CCCN1.Cl. The van der Waals surface area contributed by atoms with Crippen molar-refractivity contribution in [1.29, 1.82) is 0 Å². The van der Waals surface area contributed by atoms with E-state index in [-0.39, 0.29) is 12.4 Å². The van der Waals surface area contributed by atoms with Crippen molar-refractivity contribution >= 4 is 12.4 Å². The van der Waals surface area contributed by atoms with Crippen molar-refractivity contribution in [1.82, 2.24) is 5.32 Å². The number of nitrogens with one attached hydrogen (secondary N) is 1. The summed E-state index contributed by atoms with van der Waals surface area (Å²) in [7, 11) is 0. The maximum atomic E-state index is 5.17. The summed E-state index contributed by atoms with van der Waals surface area (Å²) in [6, 6.07) is 0.549. The minimum atomic E-state index is 0. The standard InChI is InChI=1S/C8H13NO.ClH/c1-2-6-10-7-8-4-3-5-9-8;/h1,8-9H,3-7H2;1H/t8-;/m1./s1. The van der Waals surface area contributed by atoms with Crippen LogP contribution in [0.3, 0.4) is 0 Å². The molecule has 11 heavy (non-hydrogen) atoms. The molecule has 2 nitrogen and oxygen atoms in total. The van der Waals surface area contributed by atoms with E-state index < -0.39 is 0 Å². The van der Waals surface area contributed by atoms with Gasteiger partial charge in [-0.3, -0.25) is 0 Å². The summed E-state index contributed by atoms with van der Waals surface area (Å²) in [5, 5.41) is 3.32. The number of hydrogen-bond acceptors (Lipinski definition) is 2. The monoisotopic (exact) mass is 175 g/mol. The van der Waals surface area contributed by atoms with Crippen LogP contribution in [-0.4, -0.2) is 25.8 Å². The van der Waals surface area contributed by atoms with Crippen molar-refractivity contribution in [3.63, 3.8) is 0 Å². The summed E-state index contributed by atoms with van der Waals surface area (Å²) < 4.78 is 5.17. The lowest BCUT2D eigenvalue weighted by atomic mass is 10.2. The van der Waals surface area contributed by atoms with E-state index in [1.54, 1.807) is 0 Å². The van der Waals surface area contributed by atoms with Gasteiger partial charge in [-0.1, -0.05) is 5.92 Å². The van der Waals surface area contributed by atoms with Crippen LogP contribution < -0.4 is 5.32 Å². The lowest BCUT2D eigenvalue weighted by molar-refractivity contribution is 0.146. The Morgan fingerprint density at radius 1 is 1.64 bits per heavy atom. The Hall–Kier alpha value is -0.230. The third kappa shape index (κ3) is 4.26. The highest BCUT2D eigenvalue weighted by Crippen LogP contribution is 2.04. The molecule has 3 heteroatoms. The van der Waals surface area contributed by atoms with Gasteiger partial charge in [0.05, 0.1) is 6.61 Å². The maximum Gasteiger partial charge on any atom is 0.107 e. The van der Waals surface area contributed by atoms with E-state index in [9.17, 15) is 0 Å². The second-order valence-corrected chi connectivity index (χ2v) is 2.51. The van der Waals surface area contributed by atoms with Crippen LogP contribution in [0.5, 0.6) is 0 Å². The molecule has 1 rings (SSSR count). The van der Waals surface area contributed by atoms with Crippen molar-refractivity contribution in [3.05, 3.63) is 0 Å². The molecule has 0 aromatic rings. The number of hydrogen-bond donors (Lipinski definition) is 1. The molecule has 1 fully saturated rings. The quantitative estimate of drug-likeness (QED) is 0.507. The van der Waals surface area contributed by atoms with Gasteiger partial charge in [0.2, 0.25) is 0 Å². The van der Waals surface area contributed by atoms with Crippen LogP contribution in [0.2, 0.25) is 0 Å². The molecule has 0 aliphatic carbocycles. The van der Waals surface area contributed by atoms with E-state index in [4.69, 9.17) is 11.2 Å². The average molecular weight is 176 g/mol. The molecule has 1 heterocycles. The molecule has 1 atom stereocenters. The van der Waals surface area contributed by atoms with Crippen LogP contribution in [0, 0.1) is 12.3 Å². The van der Waals surface area contributed by atoms with Gasteiger partial charge in [-0.25, -0.2) is 0 Å². The lowest BCUT2D eigenvalue weighted by Gasteiger charge is -2.07. The van der Waals surface area contributed by atoms with Crippen LogP contribution in [0.4, 0.5) is 0 Å². The average Bonchev–Trinajstić information content (AvgIpc) is 2.41. The first kappa shape index (κ1) is 10.8. The zero-order valence-corrected chi connectivity index (χ0v) is 7.32. The van der Waals surface area contributed by atoms with Gasteiger partial charge in [0.1, 0.15) is 6.61 Å². The fraction of sp³-hybridized carbons (Fsp3) is 0.750. The second kappa shape index (κ2) is 6.48. The molecule has 0 bridgehead atoms. The maximum absolute atomic E-state index is 5.17. The predicted octanol–water partition coefficient (Wildman–Crippen LogP) is 0.810. The highest BCUT2D eigenvalue weighted by molar-refractivity contribution is 5.85. The van der Waals surface area contributed by atoms with Gasteiger partial charge in [-0.15, -0.1) is 18.8 Å². The molecular formula is C8H14ClNO. The summed E-state index contributed by atoms with van der Waals surface area (Å²) >= 11 is 0. The molecule has 0 amide bonds. The Balaban J connectivity index is 0.000001000. The summed E-state index contributed by atoms with van der Waals surface area (Å²) in [6.07, 6.45) is 7.51. The third-order valence-electron chi connectivity index (χ3n) is 1.67. The molecule has 0 radical (unpaired) electrons. The van der Waals surface area contributed by atoms with Crippen molar-refractivity contribution in [2.45, 2.75) is 18.9 Å². The van der Waals surface area contributed by atoms with Crippen molar-refractivity contribution in [3.8, 4) is 12.3 Å². The van der Waals surface area contributed by atoms with Crippen LogP contribution in [0.25, 0.3) is 0 Å². The van der Waals surface area contributed by atoms with Gasteiger partial charge in [0.25, 0.3) is 0 Å². The Bertz CT molecular complexity index is 127. The fourth-order valence-corrected chi connectivity index (χ4v) is 1.16. The van der Waals surface area contributed by atoms with Crippen LogP contribution in [-0.2, 0) is 4.74 Å². The van der Waals surface area contributed by atoms with Gasteiger partial charge in [-0.2, -0.15) is 0 Å². The molecule has 0 aromatic carbocycles. The van der Waals surface area contributed by atoms with Crippen molar-refractivity contribution < 1.29 is 4.74 Å². The Morgan fingerprint density at radius 3 is 3.00 bits per heavy atom.